The van der Waals surface area contributed by atoms with Crippen LogP contribution in [0.25, 0.3) is 0 Å². The van der Waals surface area contributed by atoms with E-state index in [1.165, 1.54) is 0 Å². The maximum Gasteiger partial charge on any atom is 0.254 e. The Morgan fingerprint density at radius 3 is 2.47 bits per heavy atom. The van der Waals surface area contributed by atoms with Gasteiger partial charge in [-0.2, -0.15) is 5.26 Å². The number of para-hydroxylation sites is 1. The van der Waals surface area contributed by atoms with Crippen molar-refractivity contribution in [1.29, 1.82) is 5.26 Å². The first-order valence-corrected chi connectivity index (χ1v) is 12.2. The van der Waals surface area contributed by atoms with Crippen LogP contribution in [0.4, 0.5) is 5.69 Å². The van der Waals surface area contributed by atoms with Crippen LogP contribution in [-0.2, 0) is 9.53 Å². The SMILES string of the molecule is COc1ccc(C2C(C#N)=C(S[C@@H]3OC[C@@H](O)[C@H](O)[C@H]3O)NC(C)=C2C(=O)Nc2ccccc2)cc1. The molecule has 4 rings (SSSR count). The highest BCUT2D eigenvalue weighted by Gasteiger charge is 2.41. The van der Waals surface area contributed by atoms with Crippen molar-refractivity contribution in [1.82, 2.24) is 5.32 Å². The van der Waals surface area contributed by atoms with Gasteiger partial charge in [-0.25, -0.2) is 0 Å². The van der Waals surface area contributed by atoms with E-state index >= 15 is 0 Å². The Morgan fingerprint density at radius 2 is 1.83 bits per heavy atom. The van der Waals surface area contributed by atoms with E-state index in [1.54, 1.807) is 50.4 Å². The summed E-state index contributed by atoms with van der Waals surface area (Å²) in [7, 11) is 1.55. The van der Waals surface area contributed by atoms with Crippen molar-refractivity contribution in [3.63, 3.8) is 0 Å². The number of rotatable bonds is 6. The van der Waals surface area contributed by atoms with E-state index in [0.717, 1.165) is 11.8 Å². The molecule has 0 radical (unpaired) electrons. The third-order valence-electron chi connectivity index (χ3n) is 6.06. The molecule has 0 aromatic heterocycles. The molecule has 1 unspecified atom stereocenters. The van der Waals surface area contributed by atoms with Crippen molar-refractivity contribution in [3.8, 4) is 11.8 Å². The Bertz CT molecular complexity index is 1210. The van der Waals surface area contributed by atoms with E-state index in [0.29, 0.717) is 33.3 Å². The number of ether oxygens (including phenoxy) is 2. The topological polar surface area (TPSA) is 144 Å². The number of allylic oxidation sites excluding steroid dienone is 2. The fraction of sp³-hybridized carbons (Fsp3) is 0.308. The molecule has 0 bridgehead atoms. The van der Waals surface area contributed by atoms with Crippen LogP contribution in [0.1, 0.15) is 18.4 Å². The first kappa shape index (κ1) is 25.8. The monoisotopic (exact) mass is 509 g/mol. The third-order valence-corrected chi connectivity index (χ3v) is 7.27. The van der Waals surface area contributed by atoms with Crippen molar-refractivity contribution in [2.75, 3.05) is 19.0 Å². The first-order chi connectivity index (χ1) is 17.3. The minimum Gasteiger partial charge on any atom is -0.497 e. The van der Waals surface area contributed by atoms with Gasteiger partial charge in [0, 0.05) is 17.0 Å². The second-order valence-electron chi connectivity index (χ2n) is 8.41. The highest BCUT2D eigenvalue weighted by atomic mass is 32.2. The number of carbonyl (C=O) groups is 1. The van der Waals surface area contributed by atoms with Crippen molar-refractivity contribution < 1.29 is 29.6 Å². The lowest BCUT2D eigenvalue weighted by molar-refractivity contribution is -0.161. The summed E-state index contributed by atoms with van der Waals surface area (Å²) in [6.45, 7) is 1.58. The summed E-state index contributed by atoms with van der Waals surface area (Å²) in [6, 6.07) is 18.4. The molecule has 188 valence electrons. The molecule has 1 saturated heterocycles. The Balaban J connectivity index is 1.73. The fourth-order valence-electron chi connectivity index (χ4n) is 4.16. The highest BCUT2D eigenvalue weighted by molar-refractivity contribution is 8.03. The Morgan fingerprint density at radius 1 is 1.14 bits per heavy atom. The van der Waals surface area contributed by atoms with Crippen LogP contribution in [0.15, 0.2) is 76.5 Å². The maximum atomic E-state index is 13.5. The second kappa shape index (κ2) is 11.2. The number of nitrogens with one attached hydrogen (secondary N) is 2. The molecule has 10 heteroatoms. The zero-order valence-corrected chi connectivity index (χ0v) is 20.5. The second-order valence-corrected chi connectivity index (χ2v) is 9.52. The lowest BCUT2D eigenvalue weighted by atomic mass is 9.82. The standard InChI is InChI=1S/C26H27N3O6S/c1-14-20(24(33)29-16-6-4-3-5-7-16)21(15-8-10-17(34-2)11-9-15)18(12-27)25(28-14)36-26-23(32)22(31)19(30)13-35-26/h3-11,19,21-23,26,28,30-32H,13H2,1-2H3,(H,29,33)/t19-,21?,22+,23-,26+/m1/s1. The van der Waals surface area contributed by atoms with Gasteiger partial charge in [-0.1, -0.05) is 42.1 Å². The number of carbonyl (C=O) groups excluding carboxylic acids is 1. The minimum atomic E-state index is -1.38. The van der Waals surface area contributed by atoms with Crippen LogP contribution in [-0.4, -0.2) is 58.7 Å². The first-order valence-electron chi connectivity index (χ1n) is 11.3. The smallest absolute Gasteiger partial charge is 0.254 e. The molecule has 0 saturated carbocycles. The molecular formula is C26H27N3O6S. The van der Waals surface area contributed by atoms with E-state index in [4.69, 9.17) is 9.47 Å². The van der Waals surface area contributed by atoms with Crippen LogP contribution >= 0.6 is 11.8 Å². The molecule has 1 fully saturated rings. The van der Waals surface area contributed by atoms with Crippen LogP contribution in [0.2, 0.25) is 0 Å². The zero-order valence-electron chi connectivity index (χ0n) is 19.7. The molecule has 5 N–H and O–H groups in total. The summed E-state index contributed by atoms with van der Waals surface area (Å²) in [5.74, 6) is -0.451. The van der Waals surface area contributed by atoms with E-state index in [9.17, 15) is 25.4 Å². The van der Waals surface area contributed by atoms with Crippen LogP contribution < -0.4 is 15.4 Å². The molecule has 5 atom stereocenters. The molecule has 2 aliphatic heterocycles. The Kier molecular flexibility index (Phi) is 7.98. The molecule has 0 spiro atoms. The van der Waals surface area contributed by atoms with E-state index in [-0.39, 0.29) is 18.1 Å². The maximum absolute atomic E-state index is 13.5. The van der Waals surface area contributed by atoms with Crippen molar-refractivity contribution in [3.05, 3.63) is 82.0 Å². The van der Waals surface area contributed by atoms with Gasteiger partial charge in [-0.05, 0) is 36.8 Å². The lowest BCUT2D eigenvalue weighted by Crippen LogP contribution is -2.51. The lowest BCUT2D eigenvalue weighted by Gasteiger charge is -2.36. The summed E-state index contributed by atoms with van der Waals surface area (Å²) in [4.78, 5) is 13.5. The van der Waals surface area contributed by atoms with Gasteiger partial charge in [-0.3, -0.25) is 4.79 Å². The molecule has 2 aliphatic rings. The minimum absolute atomic E-state index is 0.160. The summed E-state index contributed by atoms with van der Waals surface area (Å²) in [5, 5.41) is 46.9. The molecular weight excluding hydrogens is 482 g/mol. The van der Waals surface area contributed by atoms with Gasteiger partial charge in [0.2, 0.25) is 0 Å². The number of benzene rings is 2. The normalized spacial score (nSPS) is 26.2. The van der Waals surface area contributed by atoms with Gasteiger partial charge in [-0.15, -0.1) is 0 Å². The summed E-state index contributed by atoms with van der Waals surface area (Å²) in [6.07, 6.45) is -3.96. The van der Waals surface area contributed by atoms with Crippen molar-refractivity contribution >= 4 is 23.4 Å². The van der Waals surface area contributed by atoms with Crippen LogP contribution in [0.3, 0.4) is 0 Å². The molecule has 2 aromatic rings. The van der Waals surface area contributed by atoms with Gasteiger partial charge in [0.15, 0.2) is 0 Å². The number of hydrogen-bond donors (Lipinski definition) is 5. The van der Waals surface area contributed by atoms with Gasteiger partial charge in [0.1, 0.15) is 29.5 Å². The van der Waals surface area contributed by atoms with Crippen LogP contribution in [0.5, 0.6) is 5.75 Å². The highest BCUT2D eigenvalue weighted by Crippen LogP contribution is 2.43. The van der Waals surface area contributed by atoms with Crippen LogP contribution in [0, 0.1) is 11.3 Å². The van der Waals surface area contributed by atoms with Gasteiger partial charge in [0.05, 0.1) is 36.3 Å². The number of methoxy groups -OCH3 is 1. The number of nitrogens with zero attached hydrogens (tertiary/aromatic N) is 1. The quantitative estimate of drug-likeness (QED) is 0.396. The average Bonchev–Trinajstić information content (AvgIpc) is 2.89. The van der Waals surface area contributed by atoms with Gasteiger partial charge < -0.3 is 35.4 Å². The molecule has 2 aromatic carbocycles. The Labute approximate surface area is 213 Å². The summed E-state index contributed by atoms with van der Waals surface area (Å²) < 4.78 is 10.8. The van der Waals surface area contributed by atoms with E-state index in [1.807, 2.05) is 18.2 Å². The molecule has 1 amide bonds. The molecule has 9 nitrogen and oxygen atoms in total. The number of aliphatic hydroxyl groups is 3. The zero-order chi connectivity index (χ0) is 25.8. The van der Waals surface area contributed by atoms with E-state index in [2.05, 4.69) is 16.7 Å². The summed E-state index contributed by atoms with van der Waals surface area (Å²) >= 11 is 1.03. The predicted molar refractivity (Wildman–Crippen MR) is 135 cm³/mol. The number of anilines is 1. The number of hydrogen-bond acceptors (Lipinski definition) is 9. The number of dihydropyridines is 1. The van der Waals surface area contributed by atoms with E-state index < -0.39 is 29.7 Å². The third kappa shape index (κ3) is 5.26. The molecule has 36 heavy (non-hydrogen) atoms. The fourth-order valence-corrected chi connectivity index (χ4v) is 5.34. The number of nitriles is 1. The summed E-state index contributed by atoms with van der Waals surface area (Å²) in [5.41, 5.74) is 1.53. The Hall–Kier alpha value is -3.33. The number of amides is 1. The molecule has 0 aliphatic carbocycles. The van der Waals surface area contributed by atoms with Gasteiger partial charge in [0.25, 0.3) is 5.91 Å². The van der Waals surface area contributed by atoms with Gasteiger partial charge >= 0.3 is 0 Å². The predicted octanol–water partition coefficient (Wildman–Crippen LogP) is 2.20. The average molecular weight is 510 g/mol. The van der Waals surface area contributed by atoms with Crippen molar-refractivity contribution in [2.45, 2.75) is 36.6 Å². The number of aliphatic hydroxyl groups excluding tert-OH is 3. The largest absolute Gasteiger partial charge is 0.497 e. The molecule has 2 heterocycles. The number of thioether (sulfide) groups is 1. The van der Waals surface area contributed by atoms with Crippen molar-refractivity contribution in [2.24, 2.45) is 0 Å².